The Morgan fingerprint density at radius 2 is 1.80 bits per heavy atom. The van der Waals surface area contributed by atoms with Crippen molar-refractivity contribution in [2.24, 2.45) is 5.92 Å². The Bertz CT molecular complexity index is 945. The van der Waals surface area contributed by atoms with Crippen LogP contribution < -0.4 is 15.4 Å². The molecule has 2 fully saturated rings. The average molecular weight is 407 g/mol. The predicted octanol–water partition coefficient (Wildman–Crippen LogP) is 3.92. The number of ether oxygens (including phenoxy) is 1. The Labute approximate surface area is 175 Å². The zero-order chi connectivity index (χ0) is 21.1. The maximum atomic E-state index is 13.0. The topological polar surface area (TPSA) is 87.7 Å². The molecule has 0 aromatic heterocycles. The number of rotatable bonds is 5. The lowest BCUT2D eigenvalue weighted by Gasteiger charge is -2.36. The van der Waals surface area contributed by atoms with Crippen molar-refractivity contribution in [2.75, 3.05) is 11.9 Å². The molecule has 4 rings (SSSR count). The zero-order valence-electron chi connectivity index (χ0n) is 16.9. The second-order valence-electron chi connectivity index (χ2n) is 7.93. The van der Waals surface area contributed by atoms with Crippen LogP contribution in [-0.2, 0) is 9.59 Å². The van der Waals surface area contributed by atoms with Crippen LogP contribution in [0.3, 0.4) is 0 Å². The molecular formula is C23H25N3O4. The fourth-order valence-corrected chi connectivity index (χ4v) is 4.21. The molecule has 2 aliphatic rings. The van der Waals surface area contributed by atoms with E-state index in [1.54, 1.807) is 24.3 Å². The number of hydrogen-bond acceptors (Lipinski definition) is 4. The molecule has 0 unspecified atom stereocenters. The van der Waals surface area contributed by atoms with Crippen molar-refractivity contribution in [3.8, 4) is 11.5 Å². The lowest BCUT2D eigenvalue weighted by molar-refractivity contribution is -0.136. The number of urea groups is 1. The van der Waals surface area contributed by atoms with Gasteiger partial charge in [0.1, 0.15) is 23.6 Å². The van der Waals surface area contributed by atoms with E-state index in [2.05, 4.69) is 10.6 Å². The average Bonchev–Trinajstić information content (AvgIpc) is 2.97. The van der Waals surface area contributed by atoms with Gasteiger partial charge < -0.3 is 15.4 Å². The van der Waals surface area contributed by atoms with Gasteiger partial charge in [-0.15, -0.1) is 0 Å². The van der Waals surface area contributed by atoms with Crippen LogP contribution in [0.1, 0.15) is 32.6 Å². The number of imide groups is 1. The molecule has 4 amide bonds. The molecule has 7 heteroatoms. The van der Waals surface area contributed by atoms with Crippen LogP contribution in [-0.4, -0.2) is 34.8 Å². The van der Waals surface area contributed by atoms with Crippen molar-refractivity contribution in [3.05, 3.63) is 54.6 Å². The summed E-state index contributed by atoms with van der Waals surface area (Å²) < 4.78 is 5.73. The van der Waals surface area contributed by atoms with E-state index in [9.17, 15) is 14.4 Å². The monoisotopic (exact) mass is 407 g/mol. The highest BCUT2D eigenvalue weighted by Crippen LogP contribution is 2.38. The molecule has 156 valence electrons. The quantitative estimate of drug-likeness (QED) is 0.736. The van der Waals surface area contributed by atoms with Crippen molar-refractivity contribution in [1.29, 1.82) is 0 Å². The molecule has 1 aliphatic carbocycles. The van der Waals surface area contributed by atoms with Crippen LogP contribution in [0.5, 0.6) is 11.5 Å². The van der Waals surface area contributed by atoms with Crippen LogP contribution in [0, 0.1) is 5.92 Å². The molecule has 2 aromatic rings. The Morgan fingerprint density at radius 3 is 2.50 bits per heavy atom. The van der Waals surface area contributed by atoms with Gasteiger partial charge in [0, 0.05) is 5.69 Å². The predicted molar refractivity (Wildman–Crippen MR) is 112 cm³/mol. The molecular weight excluding hydrogens is 382 g/mol. The molecule has 2 aromatic carbocycles. The number of anilines is 1. The molecule has 7 nitrogen and oxygen atoms in total. The first-order valence-electron chi connectivity index (χ1n) is 10.2. The van der Waals surface area contributed by atoms with Gasteiger partial charge in [0.05, 0.1) is 0 Å². The number of nitrogens with one attached hydrogen (secondary N) is 2. The van der Waals surface area contributed by atoms with Gasteiger partial charge in [-0.3, -0.25) is 14.5 Å². The summed E-state index contributed by atoms with van der Waals surface area (Å²) >= 11 is 0. The van der Waals surface area contributed by atoms with Crippen molar-refractivity contribution >= 4 is 23.5 Å². The molecule has 1 aliphatic heterocycles. The number of amides is 4. The third-order valence-electron chi connectivity index (χ3n) is 5.92. The zero-order valence-corrected chi connectivity index (χ0v) is 16.9. The Hall–Kier alpha value is -3.35. The van der Waals surface area contributed by atoms with Crippen molar-refractivity contribution < 1.29 is 19.1 Å². The van der Waals surface area contributed by atoms with E-state index in [4.69, 9.17) is 4.74 Å². The van der Waals surface area contributed by atoms with Crippen LogP contribution in [0.25, 0.3) is 0 Å². The molecule has 0 radical (unpaired) electrons. The van der Waals surface area contributed by atoms with E-state index < -0.39 is 17.5 Å². The fraction of sp³-hybridized carbons (Fsp3) is 0.348. The first-order chi connectivity index (χ1) is 14.5. The summed E-state index contributed by atoms with van der Waals surface area (Å²) in [6.45, 7) is 1.68. The highest BCUT2D eigenvalue weighted by Gasteiger charge is 2.55. The molecule has 2 atom stereocenters. The minimum atomic E-state index is -0.855. The third kappa shape index (κ3) is 3.87. The molecule has 1 heterocycles. The fourth-order valence-electron chi connectivity index (χ4n) is 4.21. The summed E-state index contributed by atoms with van der Waals surface area (Å²) in [5, 5.41) is 5.59. The number of benzene rings is 2. The van der Waals surface area contributed by atoms with E-state index in [1.807, 2.05) is 37.3 Å². The van der Waals surface area contributed by atoms with Gasteiger partial charge in [0.25, 0.3) is 5.91 Å². The number of carbonyl (C=O) groups excluding carboxylic acids is 3. The van der Waals surface area contributed by atoms with Crippen molar-refractivity contribution in [2.45, 2.75) is 38.1 Å². The third-order valence-corrected chi connectivity index (χ3v) is 5.92. The largest absolute Gasteiger partial charge is 0.457 e. The summed E-state index contributed by atoms with van der Waals surface area (Å²) in [6.07, 6.45) is 3.47. The first kappa shape index (κ1) is 19.9. The van der Waals surface area contributed by atoms with E-state index >= 15 is 0 Å². The molecule has 1 spiro atoms. The van der Waals surface area contributed by atoms with Gasteiger partial charge in [-0.1, -0.05) is 38.0 Å². The molecule has 1 saturated carbocycles. The second-order valence-corrected chi connectivity index (χ2v) is 7.93. The molecule has 2 N–H and O–H groups in total. The summed E-state index contributed by atoms with van der Waals surface area (Å²) in [5.74, 6) is 0.713. The Balaban J connectivity index is 1.36. The van der Waals surface area contributed by atoms with Gasteiger partial charge in [0.2, 0.25) is 5.91 Å². The van der Waals surface area contributed by atoms with Gasteiger partial charge in [-0.2, -0.15) is 0 Å². The van der Waals surface area contributed by atoms with Crippen LogP contribution in [0.4, 0.5) is 10.5 Å². The first-order valence-corrected chi connectivity index (χ1v) is 10.2. The maximum Gasteiger partial charge on any atom is 0.325 e. The number of para-hydroxylation sites is 1. The minimum Gasteiger partial charge on any atom is -0.457 e. The summed E-state index contributed by atoms with van der Waals surface area (Å²) in [7, 11) is 0. The van der Waals surface area contributed by atoms with E-state index in [-0.39, 0.29) is 18.4 Å². The SMILES string of the molecule is C[C@@H]1CCCC[C@@]12NC(=O)N(CC(=O)Nc1ccc(Oc3ccccc3)cc1)C2=O. The van der Waals surface area contributed by atoms with Gasteiger partial charge in [-0.25, -0.2) is 4.79 Å². The smallest absolute Gasteiger partial charge is 0.325 e. The molecule has 1 saturated heterocycles. The number of nitrogens with zero attached hydrogens (tertiary/aromatic N) is 1. The van der Waals surface area contributed by atoms with E-state index in [1.165, 1.54) is 0 Å². The number of carbonyl (C=O) groups is 3. The Morgan fingerprint density at radius 1 is 1.10 bits per heavy atom. The minimum absolute atomic E-state index is 0.0629. The maximum absolute atomic E-state index is 13.0. The normalized spacial score (nSPS) is 23.4. The highest BCUT2D eigenvalue weighted by atomic mass is 16.5. The van der Waals surface area contributed by atoms with Gasteiger partial charge in [0.15, 0.2) is 0 Å². The van der Waals surface area contributed by atoms with E-state index in [0.717, 1.165) is 29.9 Å². The van der Waals surface area contributed by atoms with Gasteiger partial charge in [-0.05, 0) is 55.2 Å². The standard InChI is InChI=1S/C23H25N3O4/c1-16-7-5-6-14-23(16)21(28)26(22(29)25-23)15-20(27)24-17-10-12-19(13-11-17)30-18-8-3-2-4-9-18/h2-4,8-13,16H,5-7,14-15H2,1H3,(H,24,27)(H,25,29)/t16-,23-/m1/s1. The summed E-state index contributed by atoms with van der Waals surface area (Å²) in [6, 6.07) is 15.8. The summed E-state index contributed by atoms with van der Waals surface area (Å²) in [4.78, 5) is 38.9. The van der Waals surface area contributed by atoms with Gasteiger partial charge >= 0.3 is 6.03 Å². The van der Waals surface area contributed by atoms with Crippen LogP contribution in [0.2, 0.25) is 0 Å². The lowest BCUT2D eigenvalue weighted by Crippen LogP contribution is -2.54. The van der Waals surface area contributed by atoms with Crippen molar-refractivity contribution in [1.82, 2.24) is 10.2 Å². The van der Waals surface area contributed by atoms with Crippen LogP contribution >= 0.6 is 0 Å². The van der Waals surface area contributed by atoms with E-state index in [0.29, 0.717) is 17.9 Å². The Kier molecular flexibility index (Phi) is 5.44. The summed E-state index contributed by atoms with van der Waals surface area (Å²) in [5.41, 5.74) is -0.292. The second kappa shape index (κ2) is 8.18. The van der Waals surface area contributed by atoms with Crippen LogP contribution in [0.15, 0.2) is 54.6 Å². The van der Waals surface area contributed by atoms with Crippen molar-refractivity contribution in [3.63, 3.8) is 0 Å². The molecule has 0 bridgehead atoms. The lowest BCUT2D eigenvalue weighted by atomic mass is 9.73. The molecule has 30 heavy (non-hydrogen) atoms. The highest BCUT2D eigenvalue weighted by molar-refractivity contribution is 6.10. The number of hydrogen-bond donors (Lipinski definition) is 2.